The zero-order valence-corrected chi connectivity index (χ0v) is 14.8. The van der Waals surface area contributed by atoms with Gasteiger partial charge in [-0.1, -0.05) is 25.1 Å². The third-order valence-electron chi connectivity index (χ3n) is 4.33. The number of rotatable bonds is 3. The SMILES string of the molecule is CNC(=O)c1cc(S(=O)(=O)N2CC(C)Cc3ccccc32)cn1C. The molecule has 1 aromatic heterocycles. The fraction of sp³-hybridized carbons (Fsp3) is 0.353. The van der Waals surface area contributed by atoms with Crippen LogP contribution < -0.4 is 9.62 Å². The first-order valence-electron chi connectivity index (χ1n) is 7.83. The Kier molecular flexibility index (Phi) is 4.13. The number of hydrogen-bond acceptors (Lipinski definition) is 3. The summed E-state index contributed by atoms with van der Waals surface area (Å²) in [5, 5.41) is 2.52. The Bertz CT molecular complexity index is 886. The maximum absolute atomic E-state index is 13.2. The normalized spacial score (nSPS) is 17.5. The summed E-state index contributed by atoms with van der Waals surface area (Å²) in [4.78, 5) is 12.0. The molecule has 1 N–H and O–H groups in total. The number of nitrogens with one attached hydrogen (secondary N) is 1. The molecule has 2 heterocycles. The number of amides is 1. The van der Waals surface area contributed by atoms with E-state index in [4.69, 9.17) is 0 Å². The van der Waals surface area contributed by atoms with Crippen LogP contribution in [0.25, 0.3) is 0 Å². The van der Waals surface area contributed by atoms with Crippen LogP contribution in [0.15, 0.2) is 41.4 Å². The number of aryl methyl sites for hydroxylation is 1. The molecule has 3 rings (SSSR count). The van der Waals surface area contributed by atoms with Crippen LogP contribution in [0.5, 0.6) is 0 Å². The van der Waals surface area contributed by atoms with E-state index in [9.17, 15) is 13.2 Å². The van der Waals surface area contributed by atoms with Gasteiger partial charge in [-0.3, -0.25) is 9.10 Å². The van der Waals surface area contributed by atoms with E-state index in [0.717, 1.165) is 17.7 Å². The topological polar surface area (TPSA) is 71.4 Å². The standard InChI is InChI=1S/C17H21N3O3S/c1-12-8-13-6-4-5-7-15(13)20(10-12)24(22,23)14-9-16(17(21)18-2)19(3)11-14/h4-7,9,11-12H,8,10H2,1-3H3,(H,18,21). The Hall–Kier alpha value is -2.28. The van der Waals surface area contributed by atoms with Gasteiger partial charge in [0.05, 0.1) is 5.69 Å². The number of fused-ring (bicyclic) bond motifs is 1. The Morgan fingerprint density at radius 1 is 1.29 bits per heavy atom. The van der Waals surface area contributed by atoms with Crippen molar-refractivity contribution in [3.05, 3.63) is 47.8 Å². The Morgan fingerprint density at radius 3 is 2.71 bits per heavy atom. The average molecular weight is 347 g/mol. The van der Waals surface area contributed by atoms with Crippen molar-refractivity contribution in [1.82, 2.24) is 9.88 Å². The van der Waals surface area contributed by atoms with E-state index in [2.05, 4.69) is 5.32 Å². The summed E-state index contributed by atoms with van der Waals surface area (Å²) < 4.78 is 29.3. The lowest BCUT2D eigenvalue weighted by atomic mass is 9.96. The number of hydrogen-bond donors (Lipinski definition) is 1. The molecule has 0 saturated carbocycles. The lowest BCUT2D eigenvalue weighted by Gasteiger charge is -2.33. The highest BCUT2D eigenvalue weighted by Crippen LogP contribution is 2.34. The molecule has 24 heavy (non-hydrogen) atoms. The molecule has 0 spiro atoms. The van der Waals surface area contributed by atoms with E-state index in [0.29, 0.717) is 12.2 Å². The molecule has 1 atom stereocenters. The summed E-state index contributed by atoms with van der Waals surface area (Å²) in [5.41, 5.74) is 2.07. The van der Waals surface area contributed by atoms with Crippen LogP contribution in [-0.4, -0.2) is 32.5 Å². The Labute approximate surface area is 142 Å². The van der Waals surface area contributed by atoms with Crippen LogP contribution in [0.1, 0.15) is 23.0 Å². The molecule has 2 aromatic rings. The van der Waals surface area contributed by atoms with Crippen LogP contribution in [-0.2, 0) is 23.5 Å². The number of nitrogens with zero attached hydrogens (tertiary/aromatic N) is 2. The van der Waals surface area contributed by atoms with E-state index in [-0.39, 0.29) is 16.7 Å². The zero-order chi connectivity index (χ0) is 17.5. The molecule has 1 unspecified atom stereocenters. The van der Waals surface area contributed by atoms with E-state index in [1.165, 1.54) is 28.2 Å². The maximum atomic E-state index is 13.2. The van der Waals surface area contributed by atoms with Gasteiger partial charge in [-0.2, -0.15) is 0 Å². The number of sulfonamides is 1. The monoisotopic (exact) mass is 347 g/mol. The van der Waals surface area contributed by atoms with Crippen molar-refractivity contribution < 1.29 is 13.2 Å². The molecule has 7 heteroatoms. The fourth-order valence-electron chi connectivity index (χ4n) is 3.13. The number of carbonyl (C=O) groups excluding carboxylic acids is 1. The van der Waals surface area contributed by atoms with Gasteiger partial charge in [-0.25, -0.2) is 8.42 Å². The molecule has 1 amide bonds. The van der Waals surface area contributed by atoms with Crippen LogP contribution in [0.3, 0.4) is 0 Å². The molecule has 0 bridgehead atoms. The third-order valence-corrected chi connectivity index (χ3v) is 6.08. The van der Waals surface area contributed by atoms with E-state index in [1.54, 1.807) is 7.05 Å². The van der Waals surface area contributed by atoms with Crippen LogP contribution in [0.4, 0.5) is 5.69 Å². The molecule has 0 fully saturated rings. The van der Waals surface area contributed by atoms with Crippen molar-refractivity contribution in [2.45, 2.75) is 18.2 Å². The first-order valence-corrected chi connectivity index (χ1v) is 9.27. The molecule has 1 aliphatic heterocycles. The van der Waals surface area contributed by atoms with E-state index in [1.807, 2.05) is 31.2 Å². The van der Waals surface area contributed by atoms with Gasteiger partial charge in [0.15, 0.2) is 0 Å². The summed E-state index contributed by atoms with van der Waals surface area (Å²) in [6, 6.07) is 9.00. The van der Waals surface area contributed by atoms with Crippen molar-refractivity contribution in [1.29, 1.82) is 0 Å². The summed E-state index contributed by atoms with van der Waals surface area (Å²) >= 11 is 0. The summed E-state index contributed by atoms with van der Waals surface area (Å²) in [7, 11) is -0.536. The molecule has 128 valence electrons. The number of carbonyl (C=O) groups is 1. The van der Waals surface area contributed by atoms with Crippen LogP contribution >= 0.6 is 0 Å². The maximum Gasteiger partial charge on any atom is 0.267 e. The number of para-hydroxylation sites is 1. The molecular weight excluding hydrogens is 326 g/mol. The highest BCUT2D eigenvalue weighted by molar-refractivity contribution is 7.92. The first kappa shape index (κ1) is 16.6. The highest BCUT2D eigenvalue weighted by atomic mass is 32.2. The predicted octanol–water partition coefficient (Wildman–Crippen LogP) is 1.77. The first-order chi connectivity index (χ1) is 11.3. The van der Waals surface area contributed by atoms with Gasteiger partial charge < -0.3 is 9.88 Å². The molecule has 0 radical (unpaired) electrons. The van der Waals surface area contributed by atoms with Crippen LogP contribution in [0, 0.1) is 5.92 Å². The number of aromatic nitrogens is 1. The molecule has 6 nitrogen and oxygen atoms in total. The minimum Gasteiger partial charge on any atom is -0.354 e. The molecule has 1 aliphatic rings. The van der Waals surface area contributed by atoms with Gasteiger partial charge >= 0.3 is 0 Å². The highest BCUT2D eigenvalue weighted by Gasteiger charge is 2.33. The lowest BCUT2D eigenvalue weighted by molar-refractivity contribution is 0.0955. The van der Waals surface area contributed by atoms with Gasteiger partial charge in [0.2, 0.25) is 0 Å². The minimum atomic E-state index is -3.72. The van der Waals surface area contributed by atoms with Gasteiger partial charge in [0.25, 0.3) is 15.9 Å². The Morgan fingerprint density at radius 2 is 2.00 bits per heavy atom. The number of anilines is 1. The average Bonchev–Trinajstić information content (AvgIpc) is 2.96. The van der Waals surface area contributed by atoms with Gasteiger partial charge in [0.1, 0.15) is 10.6 Å². The predicted molar refractivity (Wildman–Crippen MR) is 92.6 cm³/mol. The summed E-state index contributed by atoms with van der Waals surface area (Å²) in [6.45, 7) is 2.48. The van der Waals surface area contributed by atoms with Crippen molar-refractivity contribution >= 4 is 21.6 Å². The second kappa shape index (κ2) is 5.98. The largest absolute Gasteiger partial charge is 0.354 e. The van der Waals surface area contributed by atoms with Crippen molar-refractivity contribution in [2.24, 2.45) is 13.0 Å². The quantitative estimate of drug-likeness (QED) is 0.920. The van der Waals surface area contributed by atoms with Gasteiger partial charge in [-0.05, 0) is 30.0 Å². The molecule has 0 aliphatic carbocycles. The van der Waals surface area contributed by atoms with Crippen molar-refractivity contribution in [3.63, 3.8) is 0 Å². The van der Waals surface area contributed by atoms with Crippen molar-refractivity contribution in [2.75, 3.05) is 17.9 Å². The van der Waals surface area contributed by atoms with E-state index < -0.39 is 10.0 Å². The minimum absolute atomic E-state index is 0.132. The zero-order valence-electron chi connectivity index (χ0n) is 14.0. The fourth-order valence-corrected chi connectivity index (χ4v) is 4.83. The van der Waals surface area contributed by atoms with Crippen molar-refractivity contribution in [3.8, 4) is 0 Å². The van der Waals surface area contributed by atoms with Crippen LogP contribution in [0.2, 0.25) is 0 Å². The molecule has 0 saturated heterocycles. The second-order valence-corrected chi connectivity index (χ2v) is 8.09. The molecule has 1 aromatic carbocycles. The van der Waals surface area contributed by atoms with Gasteiger partial charge in [-0.15, -0.1) is 0 Å². The Balaban J connectivity index is 2.07. The third kappa shape index (κ3) is 2.69. The smallest absolute Gasteiger partial charge is 0.267 e. The number of benzene rings is 1. The molecular formula is C17H21N3O3S. The summed E-state index contributed by atoms with van der Waals surface area (Å²) in [6.07, 6.45) is 2.35. The van der Waals surface area contributed by atoms with E-state index >= 15 is 0 Å². The second-order valence-electron chi connectivity index (χ2n) is 6.23. The lowest BCUT2D eigenvalue weighted by Crippen LogP contribution is -2.39. The van der Waals surface area contributed by atoms with Gasteiger partial charge in [0, 0.05) is 26.8 Å². The summed E-state index contributed by atoms with van der Waals surface area (Å²) in [5.74, 6) is -0.0804.